The lowest BCUT2D eigenvalue weighted by atomic mass is 10.0. The van der Waals surface area contributed by atoms with Crippen molar-refractivity contribution < 1.29 is 0 Å². The standard InChI is InChI=1S/C17H20ClNS/c1-3-19-16(14-9-5-4-8-13(14)2)12-20-17-11-7-6-10-15(17)18/h4-11,16,19H,3,12H2,1-2H3. The quantitative estimate of drug-likeness (QED) is 0.746. The summed E-state index contributed by atoms with van der Waals surface area (Å²) in [6.45, 7) is 5.27. The van der Waals surface area contributed by atoms with E-state index in [2.05, 4.69) is 49.5 Å². The van der Waals surface area contributed by atoms with Crippen LogP contribution in [0.2, 0.25) is 5.02 Å². The molecule has 2 aromatic rings. The first-order valence-corrected chi connectivity index (χ1v) is 8.25. The Hall–Kier alpha value is -0.960. The predicted octanol–water partition coefficient (Wildman–Crippen LogP) is 5.09. The van der Waals surface area contributed by atoms with Gasteiger partial charge in [0, 0.05) is 16.7 Å². The highest BCUT2D eigenvalue weighted by molar-refractivity contribution is 7.99. The van der Waals surface area contributed by atoms with Crippen LogP contribution in [-0.4, -0.2) is 12.3 Å². The number of halogens is 1. The van der Waals surface area contributed by atoms with Gasteiger partial charge in [-0.15, -0.1) is 11.8 Å². The number of benzene rings is 2. The minimum atomic E-state index is 0.350. The molecule has 2 rings (SSSR count). The van der Waals surface area contributed by atoms with Crippen LogP contribution < -0.4 is 5.32 Å². The van der Waals surface area contributed by atoms with E-state index in [1.54, 1.807) is 11.8 Å². The van der Waals surface area contributed by atoms with Crippen LogP contribution in [0.5, 0.6) is 0 Å². The molecule has 0 amide bonds. The van der Waals surface area contributed by atoms with Crippen LogP contribution >= 0.6 is 23.4 Å². The Morgan fingerprint density at radius 3 is 2.50 bits per heavy atom. The molecule has 20 heavy (non-hydrogen) atoms. The van der Waals surface area contributed by atoms with Gasteiger partial charge in [-0.05, 0) is 36.7 Å². The van der Waals surface area contributed by atoms with E-state index in [0.29, 0.717) is 6.04 Å². The third-order valence-corrected chi connectivity index (χ3v) is 4.87. The Balaban J connectivity index is 2.11. The maximum Gasteiger partial charge on any atom is 0.0541 e. The van der Waals surface area contributed by atoms with Crippen LogP contribution in [0.3, 0.4) is 0 Å². The van der Waals surface area contributed by atoms with Gasteiger partial charge in [-0.1, -0.05) is 54.9 Å². The fourth-order valence-corrected chi connectivity index (χ4v) is 3.54. The molecule has 1 atom stereocenters. The third-order valence-electron chi connectivity index (χ3n) is 3.26. The molecule has 0 saturated carbocycles. The van der Waals surface area contributed by atoms with Crippen molar-refractivity contribution in [3.63, 3.8) is 0 Å². The van der Waals surface area contributed by atoms with Crippen LogP contribution in [0.1, 0.15) is 24.1 Å². The molecule has 1 unspecified atom stereocenters. The molecule has 0 fully saturated rings. The number of aryl methyl sites for hydroxylation is 1. The van der Waals surface area contributed by atoms with E-state index in [0.717, 1.165) is 22.2 Å². The number of hydrogen-bond acceptors (Lipinski definition) is 2. The zero-order valence-corrected chi connectivity index (χ0v) is 13.5. The number of thioether (sulfide) groups is 1. The van der Waals surface area contributed by atoms with E-state index in [1.807, 2.05) is 18.2 Å². The van der Waals surface area contributed by atoms with E-state index in [1.165, 1.54) is 11.1 Å². The van der Waals surface area contributed by atoms with Crippen molar-refractivity contribution in [2.75, 3.05) is 12.3 Å². The van der Waals surface area contributed by atoms with Gasteiger partial charge in [0.2, 0.25) is 0 Å². The highest BCUT2D eigenvalue weighted by Crippen LogP contribution is 2.30. The van der Waals surface area contributed by atoms with Crippen molar-refractivity contribution in [1.29, 1.82) is 0 Å². The van der Waals surface area contributed by atoms with E-state index in [4.69, 9.17) is 11.6 Å². The van der Waals surface area contributed by atoms with Gasteiger partial charge in [0.15, 0.2) is 0 Å². The van der Waals surface area contributed by atoms with Crippen LogP contribution in [0.25, 0.3) is 0 Å². The minimum absolute atomic E-state index is 0.350. The monoisotopic (exact) mass is 305 g/mol. The lowest BCUT2D eigenvalue weighted by molar-refractivity contribution is 0.603. The molecule has 0 bridgehead atoms. The predicted molar refractivity (Wildman–Crippen MR) is 89.8 cm³/mol. The molecule has 1 nitrogen and oxygen atoms in total. The molecule has 3 heteroatoms. The van der Waals surface area contributed by atoms with Crippen LogP contribution in [0.4, 0.5) is 0 Å². The molecule has 0 aliphatic heterocycles. The molecule has 0 aliphatic carbocycles. The average Bonchev–Trinajstić information content (AvgIpc) is 2.46. The summed E-state index contributed by atoms with van der Waals surface area (Å²) in [4.78, 5) is 1.14. The van der Waals surface area contributed by atoms with Gasteiger partial charge < -0.3 is 5.32 Å². The lowest BCUT2D eigenvalue weighted by Gasteiger charge is -2.20. The molecule has 1 N–H and O–H groups in total. The zero-order valence-electron chi connectivity index (χ0n) is 11.9. The molecule has 0 spiro atoms. The Labute approximate surface area is 130 Å². The van der Waals surface area contributed by atoms with Crippen molar-refractivity contribution in [2.45, 2.75) is 24.8 Å². The summed E-state index contributed by atoms with van der Waals surface area (Å²) in [5.74, 6) is 0.975. The summed E-state index contributed by atoms with van der Waals surface area (Å²) in [6.07, 6.45) is 0. The first kappa shape index (κ1) is 15.4. The molecular formula is C17H20ClNS. The Morgan fingerprint density at radius 2 is 1.80 bits per heavy atom. The zero-order chi connectivity index (χ0) is 14.4. The number of rotatable bonds is 6. The summed E-state index contributed by atoms with van der Waals surface area (Å²) in [5.41, 5.74) is 2.70. The van der Waals surface area contributed by atoms with Gasteiger partial charge >= 0.3 is 0 Å². The largest absolute Gasteiger partial charge is 0.309 e. The molecular weight excluding hydrogens is 286 g/mol. The van der Waals surface area contributed by atoms with Crippen molar-refractivity contribution in [3.05, 3.63) is 64.7 Å². The molecule has 0 radical (unpaired) electrons. The molecule has 0 saturated heterocycles. The SMILES string of the molecule is CCNC(CSc1ccccc1Cl)c1ccccc1C. The first-order valence-electron chi connectivity index (χ1n) is 6.88. The van der Waals surface area contributed by atoms with Gasteiger partial charge in [-0.2, -0.15) is 0 Å². The van der Waals surface area contributed by atoms with Gasteiger partial charge in [0.25, 0.3) is 0 Å². The van der Waals surface area contributed by atoms with Crippen molar-refractivity contribution in [2.24, 2.45) is 0 Å². The molecule has 106 valence electrons. The molecule has 0 aliphatic rings. The second-order valence-corrected chi connectivity index (χ2v) is 6.18. The van der Waals surface area contributed by atoms with Crippen LogP contribution in [-0.2, 0) is 0 Å². The fraction of sp³-hybridized carbons (Fsp3) is 0.294. The van der Waals surface area contributed by atoms with Crippen LogP contribution in [0.15, 0.2) is 53.4 Å². The van der Waals surface area contributed by atoms with Gasteiger partial charge in [-0.3, -0.25) is 0 Å². The summed E-state index contributed by atoms with van der Waals surface area (Å²) in [5, 5.41) is 4.40. The average molecular weight is 306 g/mol. The Bertz CT molecular complexity index is 556. The minimum Gasteiger partial charge on any atom is -0.309 e. The lowest BCUT2D eigenvalue weighted by Crippen LogP contribution is -2.23. The van der Waals surface area contributed by atoms with E-state index >= 15 is 0 Å². The fourth-order valence-electron chi connectivity index (χ4n) is 2.22. The Kier molecular flexibility index (Phi) is 5.96. The van der Waals surface area contributed by atoms with Crippen molar-refractivity contribution >= 4 is 23.4 Å². The number of hydrogen-bond donors (Lipinski definition) is 1. The Morgan fingerprint density at radius 1 is 1.10 bits per heavy atom. The summed E-state index contributed by atoms with van der Waals surface area (Å²) >= 11 is 8.02. The molecule has 2 aromatic carbocycles. The second kappa shape index (κ2) is 7.72. The number of nitrogens with one attached hydrogen (secondary N) is 1. The maximum absolute atomic E-state index is 6.22. The van der Waals surface area contributed by atoms with Gasteiger partial charge in [0.1, 0.15) is 0 Å². The highest BCUT2D eigenvalue weighted by Gasteiger charge is 2.13. The second-order valence-electron chi connectivity index (χ2n) is 4.71. The van der Waals surface area contributed by atoms with E-state index < -0.39 is 0 Å². The third kappa shape index (κ3) is 4.02. The van der Waals surface area contributed by atoms with Crippen LogP contribution in [0, 0.1) is 6.92 Å². The summed E-state index contributed by atoms with van der Waals surface area (Å²) in [7, 11) is 0. The van der Waals surface area contributed by atoms with Crippen molar-refractivity contribution in [1.82, 2.24) is 5.32 Å². The molecule has 0 heterocycles. The molecule has 0 aromatic heterocycles. The first-order chi connectivity index (χ1) is 9.72. The maximum atomic E-state index is 6.22. The van der Waals surface area contributed by atoms with Gasteiger partial charge in [-0.25, -0.2) is 0 Å². The van der Waals surface area contributed by atoms with Gasteiger partial charge in [0.05, 0.1) is 5.02 Å². The topological polar surface area (TPSA) is 12.0 Å². The summed E-state index contributed by atoms with van der Waals surface area (Å²) < 4.78 is 0. The smallest absolute Gasteiger partial charge is 0.0541 e. The van der Waals surface area contributed by atoms with E-state index in [-0.39, 0.29) is 0 Å². The normalized spacial score (nSPS) is 12.3. The summed E-state index contributed by atoms with van der Waals surface area (Å²) in [6, 6.07) is 16.9. The van der Waals surface area contributed by atoms with E-state index in [9.17, 15) is 0 Å². The van der Waals surface area contributed by atoms with Crippen molar-refractivity contribution in [3.8, 4) is 0 Å². The highest BCUT2D eigenvalue weighted by atomic mass is 35.5.